The molecule has 0 saturated heterocycles. The Labute approximate surface area is 128 Å². The second-order valence-electron chi connectivity index (χ2n) is 5.21. The van der Waals surface area contributed by atoms with Gasteiger partial charge < -0.3 is 0 Å². The Bertz CT molecular complexity index is 611. The van der Waals surface area contributed by atoms with Crippen molar-refractivity contribution >= 4 is 33.0 Å². The number of nitrogens with zero attached hydrogens (tertiary/aromatic N) is 1. The summed E-state index contributed by atoms with van der Waals surface area (Å²) in [5.74, 6) is 0.595. The van der Waals surface area contributed by atoms with Crippen LogP contribution in [0, 0.1) is 17.2 Å². The molecule has 110 valence electrons. The predicted molar refractivity (Wildman–Crippen MR) is 80.2 cm³/mol. The van der Waals surface area contributed by atoms with Crippen LogP contribution >= 0.6 is 22.9 Å². The normalized spacial score (nSPS) is 27.1. The quantitative estimate of drug-likeness (QED) is 0.916. The lowest BCUT2D eigenvalue weighted by Gasteiger charge is -2.34. The van der Waals surface area contributed by atoms with E-state index in [1.807, 2.05) is 0 Å². The first-order valence-corrected chi connectivity index (χ1v) is 9.29. The molecule has 0 bridgehead atoms. The van der Waals surface area contributed by atoms with Gasteiger partial charge in [-0.2, -0.15) is 9.98 Å². The lowest BCUT2D eigenvalue weighted by Crippen LogP contribution is -2.49. The number of sulfonamides is 1. The van der Waals surface area contributed by atoms with Crippen molar-refractivity contribution in [2.45, 2.75) is 48.8 Å². The molecular weight excluding hydrogens is 316 g/mol. The maximum absolute atomic E-state index is 12.3. The fraction of sp³-hybridized carbons (Fsp3) is 0.615. The number of halogens is 1. The Morgan fingerprint density at radius 3 is 2.60 bits per heavy atom. The summed E-state index contributed by atoms with van der Waals surface area (Å²) in [6, 6.07) is 5.20. The summed E-state index contributed by atoms with van der Waals surface area (Å²) < 4.78 is 27.8. The second-order valence-corrected chi connectivity index (χ2v) is 8.83. The summed E-state index contributed by atoms with van der Waals surface area (Å²) in [6.07, 6.45) is 3.99. The standard InChI is InChI=1S/C13H17ClN2O2S2/c1-2-10-5-7-13(9-15,8-6-10)16-20(17,18)12-4-3-11(14)19-12/h3-4,10,16H,2,5-8H2,1H3. The Balaban J connectivity index is 2.17. The molecule has 7 heteroatoms. The van der Waals surface area contributed by atoms with E-state index < -0.39 is 15.6 Å². The van der Waals surface area contributed by atoms with Crippen LogP contribution in [-0.4, -0.2) is 14.0 Å². The molecule has 0 radical (unpaired) electrons. The summed E-state index contributed by atoms with van der Waals surface area (Å²) in [5, 5.41) is 9.42. The number of thiophene rings is 1. The van der Waals surface area contributed by atoms with Gasteiger partial charge in [0, 0.05) is 0 Å². The highest BCUT2D eigenvalue weighted by Gasteiger charge is 2.39. The van der Waals surface area contributed by atoms with E-state index in [1.165, 1.54) is 6.07 Å². The van der Waals surface area contributed by atoms with Crippen LogP contribution in [0.1, 0.15) is 39.0 Å². The van der Waals surface area contributed by atoms with E-state index >= 15 is 0 Å². The van der Waals surface area contributed by atoms with Crippen LogP contribution in [0.4, 0.5) is 0 Å². The van der Waals surface area contributed by atoms with Crippen molar-refractivity contribution in [1.82, 2.24) is 4.72 Å². The molecule has 2 rings (SSSR count). The molecule has 1 aliphatic rings. The highest BCUT2D eigenvalue weighted by molar-refractivity contribution is 7.91. The molecule has 1 aliphatic carbocycles. The maximum atomic E-state index is 12.3. The molecule has 1 heterocycles. The van der Waals surface area contributed by atoms with E-state index in [2.05, 4.69) is 17.7 Å². The summed E-state index contributed by atoms with van der Waals surface area (Å²) in [4.78, 5) is 0. The lowest BCUT2D eigenvalue weighted by atomic mass is 9.77. The summed E-state index contributed by atoms with van der Waals surface area (Å²) in [5.41, 5.74) is -0.971. The van der Waals surface area contributed by atoms with Gasteiger partial charge in [0.05, 0.1) is 10.4 Å². The fourth-order valence-corrected chi connectivity index (χ4v) is 5.42. The Morgan fingerprint density at radius 1 is 1.50 bits per heavy atom. The SMILES string of the molecule is CCC1CCC(C#N)(NS(=O)(=O)c2ccc(Cl)s2)CC1. The molecule has 0 spiro atoms. The van der Waals surface area contributed by atoms with Gasteiger partial charge >= 0.3 is 0 Å². The molecular formula is C13H17ClN2O2S2. The first kappa shape index (κ1) is 15.8. The monoisotopic (exact) mass is 332 g/mol. The smallest absolute Gasteiger partial charge is 0.206 e. The summed E-state index contributed by atoms with van der Waals surface area (Å²) >= 11 is 6.78. The fourth-order valence-electron chi connectivity index (χ4n) is 2.56. The molecule has 20 heavy (non-hydrogen) atoms. The predicted octanol–water partition coefficient (Wildman–Crippen LogP) is 3.54. The van der Waals surface area contributed by atoms with Gasteiger partial charge in [0.2, 0.25) is 0 Å². The molecule has 1 saturated carbocycles. The van der Waals surface area contributed by atoms with Crippen LogP contribution in [0.25, 0.3) is 0 Å². The zero-order valence-electron chi connectivity index (χ0n) is 11.2. The van der Waals surface area contributed by atoms with Crippen LogP contribution in [0.5, 0.6) is 0 Å². The van der Waals surface area contributed by atoms with Crippen LogP contribution < -0.4 is 4.72 Å². The third-order valence-electron chi connectivity index (χ3n) is 3.89. The van der Waals surface area contributed by atoms with Crippen molar-refractivity contribution in [3.05, 3.63) is 16.5 Å². The molecule has 1 aromatic heterocycles. The minimum Gasteiger partial charge on any atom is -0.206 e. The first-order chi connectivity index (χ1) is 9.41. The van der Waals surface area contributed by atoms with E-state index in [0.29, 0.717) is 23.1 Å². The van der Waals surface area contributed by atoms with Gasteiger partial charge in [-0.25, -0.2) is 8.42 Å². The van der Waals surface area contributed by atoms with E-state index in [-0.39, 0.29) is 4.21 Å². The van der Waals surface area contributed by atoms with Crippen molar-refractivity contribution in [3.63, 3.8) is 0 Å². The van der Waals surface area contributed by atoms with Crippen molar-refractivity contribution in [2.75, 3.05) is 0 Å². The number of nitrogens with one attached hydrogen (secondary N) is 1. The molecule has 1 aromatic rings. The zero-order valence-corrected chi connectivity index (χ0v) is 13.6. The van der Waals surface area contributed by atoms with E-state index in [9.17, 15) is 13.7 Å². The topological polar surface area (TPSA) is 70.0 Å². The number of hydrogen-bond acceptors (Lipinski definition) is 4. The Kier molecular flexibility index (Phi) is 4.75. The van der Waals surface area contributed by atoms with E-state index in [1.54, 1.807) is 6.07 Å². The Hall–Kier alpha value is -0.610. The van der Waals surface area contributed by atoms with Crippen LogP contribution in [0.15, 0.2) is 16.3 Å². The van der Waals surface area contributed by atoms with E-state index in [4.69, 9.17) is 11.6 Å². The van der Waals surface area contributed by atoms with E-state index in [0.717, 1.165) is 30.6 Å². The zero-order chi connectivity index (χ0) is 14.8. The highest BCUT2D eigenvalue weighted by Crippen LogP contribution is 2.35. The molecule has 1 N–H and O–H groups in total. The molecule has 0 unspecified atom stereocenters. The van der Waals surface area contributed by atoms with Gasteiger partial charge in [0.25, 0.3) is 10.0 Å². The number of hydrogen-bond donors (Lipinski definition) is 1. The lowest BCUT2D eigenvalue weighted by molar-refractivity contribution is 0.259. The van der Waals surface area contributed by atoms with Crippen molar-refractivity contribution in [3.8, 4) is 6.07 Å². The van der Waals surface area contributed by atoms with Gasteiger partial charge in [-0.3, -0.25) is 0 Å². The molecule has 1 fully saturated rings. The van der Waals surface area contributed by atoms with Crippen molar-refractivity contribution < 1.29 is 8.42 Å². The first-order valence-electron chi connectivity index (χ1n) is 6.61. The van der Waals surface area contributed by atoms with Gasteiger partial charge in [-0.15, -0.1) is 11.3 Å². The largest absolute Gasteiger partial charge is 0.251 e. The van der Waals surface area contributed by atoms with Crippen LogP contribution in [0.3, 0.4) is 0 Å². The third kappa shape index (κ3) is 3.34. The number of rotatable bonds is 4. The average Bonchev–Trinajstić information content (AvgIpc) is 2.87. The van der Waals surface area contributed by atoms with Gasteiger partial charge in [-0.05, 0) is 43.7 Å². The van der Waals surface area contributed by atoms with Gasteiger partial charge in [0.15, 0.2) is 0 Å². The highest BCUT2D eigenvalue weighted by atomic mass is 35.5. The molecule has 0 aliphatic heterocycles. The molecule has 0 atom stereocenters. The maximum Gasteiger partial charge on any atom is 0.251 e. The Morgan fingerprint density at radius 2 is 2.15 bits per heavy atom. The third-order valence-corrected chi connectivity index (χ3v) is 7.15. The molecule has 0 amide bonds. The van der Waals surface area contributed by atoms with Crippen LogP contribution in [-0.2, 0) is 10.0 Å². The van der Waals surface area contributed by atoms with Gasteiger partial charge in [0.1, 0.15) is 9.75 Å². The molecule has 4 nitrogen and oxygen atoms in total. The summed E-state index contributed by atoms with van der Waals surface area (Å²) in [6.45, 7) is 2.13. The second kappa shape index (κ2) is 6.02. The molecule has 0 aromatic carbocycles. The van der Waals surface area contributed by atoms with Crippen LogP contribution in [0.2, 0.25) is 4.34 Å². The average molecular weight is 333 g/mol. The van der Waals surface area contributed by atoms with Gasteiger partial charge in [-0.1, -0.05) is 24.9 Å². The minimum atomic E-state index is -3.67. The van der Waals surface area contributed by atoms with Crippen molar-refractivity contribution in [2.24, 2.45) is 5.92 Å². The minimum absolute atomic E-state index is 0.162. The number of nitriles is 1. The summed E-state index contributed by atoms with van der Waals surface area (Å²) in [7, 11) is -3.67. The van der Waals surface area contributed by atoms with Crippen molar-refractivity contribution in [1.29, 1.82) is 5.26 Å².